The van der Waals surface area contributed by atoms with Gasteiger partial charge in [0.25, 0.3) is 0 Å². The molecule has 2 heterocycles. The molecule has 0 fully saturated rings. The second-order valence-corrected chi connectivity index (χ2v) is 4.48. The highest BCUT2D eigenvalue weighted by Crippen LogP contribution is 2.21. The minimum Gasteiger partial charge on any atom is -0.375 e. The Hall–Kier alpha value is -1.73. The molecule has 3 N–H and O–H groups in total. The van der Waals surface area contributed by atoms with Crippen LogP contribution in [0.25, 0.3) is 11.0 Å². The Morgan fingerprint density at radius 2 is 2.39 bits per heavy atom. The van der Waals surface area contributed by atoms with Crippen LogP contribution in [0.4, 0.5) is 0 Å². The average molecular weight is 283 g/mol. The van der Waals surface area contributed by atoms with Gasteiger partial charge in [-0.15, -0.1) is 0 Å². The molecule has 18 heavy (non-hydrogen) atoms. The molecule has 2 aromatic rings. The molecular formula is C10H11ClN6S. The van der Waals surface area contributed by atoms with Crippen molar-refractivity contribution in [3.8, 4) is 0 Å². The van der Waals surface area contributed by atoms with E-state index in [4.69, 9.17) is 17.3 Å². The van der Waals surface area contributed by atoms with Crippen LogP contribution in [0.3, 0.4) is 0 Å². The fourth-order valence-corrected chi connectivity index (χ4v) is 1.83. The number of nitrogens with one attached hydrogen (secondary N) is 1. The van der Waals surface area contributed by atoms with Gasteiger partial charge in [0.2, 0.25) is 0 Å². The first kappa shape index (κ1) is 12.7. The lowest BCUT2D eigenvalue weighted by molar-refractivity contribution is 0.774. The van der Waals surface area contributed by atoms with Gasteiger partial charge < -0.3 is 5.73 Å². The zero-order chi connectivity index (χ0) is 13.3. The fraction of sp³-hybridized carbons (Fsp3) is 0.200. The molecule has 0 aliphatic heterocycles. The first-order valence-electron chi connectivity index (χ1n) is 5.07. The fourth-order valence-electron chi connectivity index (χ4n) is 1.59. The van der Waals surface area contributed by atoms with Crippen LogP contribution in [0.15, 0.2) is 11.2 Å². The van der Waals surface area contributed by atoms with Crippen molar-refractivity contribution in [1.29, 1.82) is 0 Å². The topological polar surface area (TPSA) is 81.1 Å². The molecular weight excluding hydrogens is 272 g/mol. The van der Waals surface area contributed by atoms with Gasteiger partial charge in [-0.3, -0.25) is 10.1 Å². The van der Waals surface area contributed by atoms with Gasteiger partial charge >= 0.3 is 0 Å². The molecule has 8 heteroatoms. The molecule has 0 saturated heterocycles. The summed E-state index contributed by atoms with van der Waals surface area (Å²) >= 11 is 10.7. The van der Waals surface area contributed by atoms with Crippen molar-refractivity contribution in [2.45, 2.75) is 6.92 Å². The summed E-state index contributed by atoms with van der Waals surface area (Å²) < 4.78 is 1.69. The van der Waals surface area contributed by atoms with E-state index >= 15 is 0 Å². The maximum atomic E-state index is 6.06. The molecule has 0 bridgehead atoms. The van der Waals surface area contributed by atoms with Gasteiger partial charge in [0.1, 0.15) is 5.15 Å². The van der Waals surface area contributed by atoms with Gasteiger partial charge in [0, 0.05) is 18.0 Å². The molecule has 0 spiro atoms. The third-order valence-corrected chi connectivity index (χ3v) is 2.75. The smallest absolute Gasteiger partial charge is 0.184 e. The number of pyridine rings is 1. The van der Waals surface area contributed by atoms with E-state index in [9.17, 15) is 0 Å². The number of rotatable bonds is 2. The Morgan fingerprint density at radius 1 is 1.67 bits per heavy atom. The molecule has 0 aliphatic carbocycles. The summed E-state index contributed by atoms with van der Waals surface area (Å²) in [6.07, 6.45) is 1.51. The minimum absolute atomic E-state index is 0.0916. The van der Waals surface area contributed by atoms with Gasteiger partial charge in [0.15, 0.2) is 10.8 Å². The van der Waals surface area contributed by atoms with Crippen molar-refractivity contribution >= 4 is 46.2 Å². The Balaban J connectivity index is 2.46. The van der Waals surface area contributed by atoms with E-state index in [1.807, 2.05) is 20.0 Å². The Labute approximate surface area is 114 Å². The Bertz CT molecular complexity index is 647. The first-order chi connectivity index (χ1) is 8.49. The maximum Gasteiger partial charge on any atom is 0.184 e. The number of aromatic nitrogens is 3. The highest BCUT2D eigenvalue weighted by atomic mass is 35.5. The molecule has 0 amide bonds. The summed E-state index contributed by atoms with van der Waals surface area (Å²) in [6.45, 7) is 1.91. The number of fused-ring (bicyclic) bond motifs is 1. The summed E-state index contributed by atoms with van der Waals surface area (Å²) in [6, 6.07) is 1.87. The van der Waals surface area contributed by atoms with E-state index in [2.05, 4.69) is 32.8 Å². The number of hydrogen-bond acceptors (Lipinski definition) is 4. The number of aryl methyl sites for hydroxylation is 2. The van der Waals surface area contributed by atoms with Gasteiger partial charge in [-0.05, 0) is 25.2 Å². The summed E-state index contributed by atoms with van der Waals surface area (Å²) in [4.78, 5) is 4.28. The van der Waals surface area contributed by atoms with Crippen LogP contribution >= 0.6 is 23.8 Å². The third-order valence-electron chi connectivity index (χ3n) is 2.36. The zero-order valence-electron chi connectivity index (χ0n) is 9.81. The quantitative estimate of drug-likeness (QED) is 0.373. The predicted octanol–water partition coefficient (Wildman–Crippen LogP) is 1.10. The molecule has 94 valence electrons. The summed E-state index contributed by atoms with van der Waals surface area (Å²) in [7, 11) is 1.82. The standard InChI is InChI=1S/C10H11ClN6S/c1-5-7-3-6(4-13-15-10(12)18)8(11)14-9(7)17(2)16-5/h3-4H,1-2H3,(H3,12,15,18). The third kappa shape index (κ3) is 2.41. The van der Waals surface area contributed by atoms with Crippen molar-refractivity contribution in [2.75, 3.05) is 0 Å². The number of nitrogens with two attached hydrogens (primary N) is 1. The van der Waals surface area contributed by atoms with Gasteiger partial charge in [-0.25, -0.2) is 4.98 Å². The van der Waals surface area contributed by atoms with Gasteiger partial charge in [-0.2, -0.15) is 10.2 Å². The van der Waals surface area contributed by atoms with Crippen LogP contribution in [0.2, 0.25) is 5.15 Å². The van der Waals surface area contributed by atoms with Crippen molar-refractivity contribution in [3.05, 3.63) is 22.5 Å². The second-order valence-electron chi connectivity index (χ2n) is 3.68. The second kappa shape index (κ2) is 4.87. The molecule has 6 nitrogen and oxygen atoms in total. The summed E-state index contributed by atoms with van der Waals surface area (Å²) in [5.41, 5.74) is 10.0. The van der Waals surface area contributed by atoms with Crippen LogP contribution in [-0.2, 0) is 7.05 Å². The van der Waals surface area contributed by atoms with Crippen molar-refractivity contribution in [1.82, 2.24) is 20.2 Å². The Kier molecular flexibility index (Phi) is 3.44. The highest BCUT2D eigenvalue weighted by Gasteiger charge is 2.10. The summed E-state index contributed by atoms with van der Waals surface area (Å²) in [5, 5.41) is 9.50. The molecule has 0 aromatic carbocycles. The molecule has 0 atom stereocenters. The minimum atomic E-state index is 0.0916. The SMILES string of the molecule is Cc1nn(C)c2nc(Cl)c(C=NNC(N)=S)cc12. The largest absolute Gasteiger partial charge is 0.375 e. The number of hydrogen-bond donors (Lipinski definition) is 2. The van der Waals surface area contributed by atoms with E-state index in [1.54, 1.807) is 4.68 Å². The monoisotopic (exact) mass is 282 g/mol. The van der Waals surface area contributed by atoms with Crippen LogP contribution in [0.1, 0.15) is 11.3 Å². The van der Waals surface area contributed by atoms with Crippen LogP contribution in [0, 0.1) is 6.92 Å². The van der Waals surface area contributed by atoms with E-state index in [1.165, 1.54) is 6.21 Å². The molecule has 0 radical (unpaired) electrons. The van der Waals surface area contributed by atoms with Crippen LogP contribution in [0.5, 0.6) is 0 Å². The van der Waals surface area contributed by atoms with Gasteiger partial charge in [0.05, 0.1) is 11.9 Å². The maximum absolute atomic E-state index is 6.06. The number of hydrazone groups is 1. The average Bonchev–Trinajstić information content (AvgIpc) is 2.54. The number of halogens is 1. The molecule has 0 unspecified atom stereocenters. The molecule has 2 rings (SSSR count). The lowest BCUT2D eigenvalue weighted by Crippen LogP contribution is -2.24. The van der Waals surface area contributed by atoms with E-state index in [0.29, 0.717) is 10.7 Å². The molecule has 0 saturated carbocycles. The predicted molar refractivity (Wildman–Crippen MR) is 75.8 cm³/mol. The lowest BCUT2D eigenvalue weighted by atomic mass is 10.2. The zero-order valence-corrected chi connectivity index (χ0v) is 11.4. The van der Waals surface area contributed by atoms with Crippen LogP contribution in [-0.4, -0.2) is 26.1 Å². The van der Waals surface area contributed by atoms with E-state index in [-0.39, 0.29) is 5.11 Å². The van der Waals surface area contributed by atoms with Gasteiger partial charge in [-0.1, -0.05) is 11.6 Å². The number of nitrogens with zero attached hydrogens (tertiary/aromatic N) is 4. The van der Waals surface area contributed by atoms with Crippen molar-refractivity contribution in [3.63, 3.8) is 0 Å². The molecule has 2 aromatic heterocycles. The van der Waals surface area contributed by atoms with Crippen molar-refractivity contribution in [2.24, 2.45) is 17.9 Å². The highest BCUT2D eigenvalue weighted by molar-refractivity contribution is 7.80. The van der Waals surface area contributed by atoms with E-state index < -0.39 is 0 Å². The lowest BCUT2D eigenvalue weighted by Gasteiger charge is -2.00. The first-order valence-corrected chi connectivity index (χ1v) is 5.86. The Morgan fingerprint density at radius 3 is 3.06 bits per heavy atom. The number of thiocarbonyl (C=S) groups is 1. The van der Waals surface area contributed by atoms with E-state index in [0.717, 1.165) is 16.7 Å². The van der Waals surface area contributed by atoms with Crippen LogP contribution < -0.4 is 11.2 Å². The van der Waals surface area contributed by atoms with Crippen molar-refractivity contribution < 1.29 is 0 Å². The summed E-state index contributed by atoms with van der Waals surface area (Å²) in [5.74, 6) is 0. The molecule has 0 aliphatic rings. The normalized spacial score (nSPS) is 11.3.